The number of nitrogens with zero attached hydrogens (tertiary/aromatic N) is 1. The van der Waals surface area contributed by atoms with Crippen molar-refractivity contribution < 1.29 is 8.42 Å². The van der Waals surface area contributed by atoms with Gasteiger partial charge in [0.15, 0.2) is 0 Å². The number of rotatable bonds is 9. The fourth-order valence-corrected chi connectivity index (χ4v) is 3.48. The molecule has 0 bridgehead atoms. The lowest BCUT2D eigenvalue weighted by atomic mass is 10.2. The Morgan fingerprint density at radius 3 is 2.24 bits per heavy atom. The maximum absolute atomic E-state index is 12.3. The van der Waals surface area contributed by atoms with Crippen molar-refractivity contribution in [2.45, 2.75) is 38.1 Å². The summed E-state index contributed by atoms with van der Waals surface area (Å²) in [5.74, 6) is 0. The zero-order valence-electron chi connectivity index (χ0n) is 13.2. The van der Waals surface area contributed by atoms with Crippen molar-refractivity contribution in [3.05, 3.63) is 29.8 Å². The van der Waals surface area contributed by atoms with Gasteiger partial charge < -0.3 is 10.6 Å². The van der Waals surface area contributed by atoms with Crippen molar-refractivity contribution in [3.8, 4) is 0 Å². The highest BCUT2D eigenvalue weighted by Crippen LogP contribution is 2.11. The summed E-state index contributed by atoms with van der Waals surface area (Å²) in [5.41, 5.74) is 6.54. The van der Waals surface area contributed by atoms with E-state index in [9.17, 15) is 8.42 Å². The molecule has 0 aliphatic heterocycles. The number of likely N-dealkylation sites (N-methyl/N-ethyl adjacent to an activating group) is 1. The highest BCUT2D eigenvalue weighted by Gasteiger charge is 2.18. The van der Waals surface area contributed by atoms with Gasteiger partial charge in [0.25, 0.3) is 0 Å². The molecule has 0 aliphatic rings. The summed E-state index contributed by atoms with van der Waals surface area (Å²) >= 11 is 0. The lowest BCUT2D eigenvalue weighted by Crippen LogP contribution is -2.41. The van der Waals surface area contributed by atoms with E-state index < -0.39 is 10.0 Å². The second-order valence-corrected chi connectivity index (χ2v) is 6.90. The average molecular weight is 313 g/mol. The van der Waals surface area contributed by atoms with Crippen LogP contribution in [0, 0.1) is 0 Å². The first-order valence-electron chi connectivity index (χ1n) is 7.46. The summed E-state index contributed by atoms with van der Waals surface area (Å²) < 4.78 is 27.4. The standard InChI is InChI=1S/C15H27N3O2S/c1-4-18(5-2)12-13(3)17-21(19,20)15-8-6-14(7-9-15)10-11-16/h6-9,13,17H,4-5,10-12,16H2,1-3H3. The minimum absolute atomic E-state index is 0.126. The predicted octanol–water partition coefficient (Wildman–Crippen LogP) is 1.20. The fraction of sp³-hybridized carbons (Fsp3) is 0.600. The van der Waals surface area contributed by atoms with Crippen LogP contribution in [0.2, 0.25) is 0 Å². The van der Waals surface area contributed by atoms with E-state index >= 15 is 0 Å². The molecule has 0 saturated carbocycles. The number of nitrogens with two attached hydrogens (primary N) is 1. The summed E-state index contributed by atoms with van der Waals surface area (Å²) in [5, 5.41) is 0. The van der Waals surface area contributed by atoms with Crippen LogP contribution in [0.4, 0.5) is 0 Å². The van der Waals surface area contributed by atoms with Crippen molar-refractivity contribution in [1.29, 1.82) is 0 Å². The molecule has 0 fully saturated rings. The lowest BCUT2D eigenvalue weighted by molar-refractivity contribution is 0.282. The van der Waals surface area contributed by atoms with Crippen LogP contribution in [-0.2, 0) is 16.4 Å². The number of hydrogen-bond acceptors (Lipinski definition) is 4. The number of nitrogens with one attached hydrogen (secondary N) is 1. The highest BCUT2D eigenvalue weighted by molar-refractivity contribution is 7.89. The zero-order valence-corrected chi connectivity index (χ0v) is 14.0. The van der Waals surface area contributed by atoms with E-state index in [4.69, 9.17) is 5.73 Å². The van der Waals surface area contributed by atoms with E-state index in [1.165, 1.54) is 0 Å². The first-order valence-corrected chi connectivity index (χ1v) is 8.95. The molecule has 1 atom stereocenters. The molecule has 0 heterocycles. The van der Waals surface area contributed by atoms with Crippen LogP contribution in [0.15, 0.2) is 29.2 Å². The van der Waals surface area contributed by atoms with Crippen LogP contribution in [-0.4, -0.2) is 45.5 Å². The van der Waals surface area contributed by atoms with Crippen molar-refractivity contribution in [2.24, 2.45) is 5.73 Å². The molecule has 0 saturated heterocycles. The Balaban J connectivity index is 2.72. The Kier molecular flexibility index (Phi) is 7.31. The first kappa shape index (κ1) is 18.1. The quantitative estimate of drug-likeness (QED) is 0.718. The van der Waals surface area contributed by atoms with Gasteiger partial charge in [-0.1, -0.05) is 26.0 Å². The molecule has 5 nitrogen and oxygen atoms in total. The van der Waals surface area contributed by atoms with Gasteiger partial charge in [-0.3, -0.25) is 0 Å². The number of benzene rings is 1. The van der Waals surface area contributed by atoms with E-state index in [0.29, 0.717) is 18.0 Å². The summed E-state index contributed by atoms with van der Waals surface area (Å²) in [7, 11) is -3.46. The second kappa shape index (κ2) is 8.48. The van der Waals surface area contributed by atoms with Crippen LogP contribution in [0.3, 0.4) is 0 Å². The van der Waals surface area contributed by atoms with Crippen LogP contribution < -0.4 is 10.5 Å². The van der Waals surface area contributed by atoms with Crippen LogP contribution >= 0.6 is 0 Å². The SMILES string of the molecule is CCN(CC)CC(C)NS(=O)(=O)c1ccc(CCN)cc1. The summed E-state index contributed by atoms with van der Waals surface area (Å²) in [4.78, 5) is 2.49. The molecule has 21 heavy (non-hydrogen) atoms. The highest BCUT2D eigenvalue weighted by atomic mass is 32.2. The molecular formula is C15H27N3O2S. The molecule has 6 heteroatoms. The van der Waals surface area contributed by atoms with Gasteiger partial charge >= 0.3 is 0 Å². The number of sulfonamides is 1. The van der Waals surface area contributed by atoms with Crippen LogP contribution in [0.1, 0.15) is 26.3 Å². The van der Waals surface area contributed by atoms with Gasteiger partial charge in [-0.05, 0) is 50.7 Å². The third-order valence-electron chi connectivity index (χ3n) is 3.45. The fourth-order valence-electron chi connectivity index (χ4n) is 2.24. The molecule has 1 rings (SSSR count). The smallest absolute Gasteiger partial charge is 0.240 e. The summed E-state index contributed by atoms with van der Waals surface area (Å²) in [6.45, 7) is 9.12. The molecule has 1 aromatic rings. The minimum atomic E-state index is -3.46. The Morgan fingerprint density at radius 1 is 1.19 bits per heavy atom. The lowest BCUT2D eigenvalue weighted by Gasteiger charge is -2.23. The monoisotopic (exact) mass is 313 g/mol. The van der Waals surface area contributed by atoms with Crippen molar-refractivity contribution >= 4 is 10.0 Å². The van der Waals surface area contributed by atoms with E-state index in [0.717, 1.165) is 25.1 Å². The molecular weight excluding hydrogens is 286 g/mol. The third kappa shape index (κ3) is 5.74. The van der Waals surface area contributed by atoms with Crippen LogP contribution in [0.5, 0.6) is 0 Å². The van der Waals surface area contributed by atoms with Gasteiger partial charge in [0, 0.05) is 12.6 Å². The zero-order chi connectivity index (χ0) is 15.9. The van der Waals surface area contributed by atoms with Gasteiger partial charge in [-0.25, -0.2) is 13.1 Å². The van der Waals surface area contributed by atoms with E-state index in [2.05, 4.69) is 23.5 Å². The maximum atomic E-state index is 12.3. The summed E-state index contributed by atoms with van der Waals surface area (Å²) in [6, 6.07) is 6.78. The molecule has 0 amide bonds. The topological polar surface area (TPSA) is 75.4 Å². The molecule has 0 radical (unpaired) electrons. The largest absolute Gasteiger partial charge is 0.330 e. The van der Waals surface area contributed by atoms with Gasteiger partial charge in [-0.15, -0.1) is 0 Å². The normalized spacial score (nSPS) is 13.6. The molecule has 3 N–H and O–H groups in total. The molecule has 0 aromatic heterocycles. The molecule has 0 aliphatic carbocycles. The molecule has 120 valence electrons. The van der Waals surface area contributed by atoms with Gasteiger partial charge in [0.2, 0.25) is 10.0 Å². The Morgan fingerprint density at radius 2 is 1.76 bits per heavy atom. The van der Waals surface area contributed by atoms with Crippen molar-refractivity contribution in [1.82, 2.24) is 9.62 Å². The third-order valence-corrected chi connectivity index (χ3v) is 5.05. The Bertz CT molecular complexity index is 510. The second-order valence-electron chi connectivity index (χ2n) is 5.19. The Labute approximate surface area is 128 Å². The van der Waals surface area contributed by atoms with Gasteiger partial charge in [0.1, 0.15) is 0 Å². The Hall–Kier alpha value is -0.950. The molecule has 1 aromatic carbocycles. The van der Waals surface area contributed by atoms with E-state index in [-0.39, 0.29) is 6.04 Å². The molecule has 1 unspecified atom stereocenters. The average Bonchev–Trinajstić information content (AvgIpc) is 2.45. The van der Waals surface area contributed by atoms with Crippen LogP contribution in [0.25, 0.3) is 0 Å². The summed E-state index contributed by atoms with van der Waals surface area (Å²) in [6.07, 6.45) is 0.756. The van der Waals surface area contributed by atoms with Gasteiger partial charge in [-0.2, -0.15) is 0 Å². The number of hydrogen-bond donors (Lipinski definition) is 2. The van der Waals surface area contributed by atoms with Crippen molar-refractivity contribution in [2.75, 3.05) is 26.2 Å². The molecule has 0 spiro atoms. The van der Waals surface area contributed by atoms with Gasteiger partial charge in [0.05, 0.1) is 4.90 Å². The first-order chi connectivity index (χ1) is 9.92. The van der Waals surface area contributed by atoms with E-state index in [1.807, 2.05) is 19.1 Å². The minimum Gasteiger partial charge on any atom is -0.330 e. The predicted molar refractivity (Wildman–Crippen MR) is 86.8 cm³/mol. The maximum Gasteiger partial charge on any atom is 0.240 e. The van der Waals surface area contributed by atoms with Crippen molar-refractivity contribution in [3.63, 3.8) is 0 Å². The van der Waals surface area contributed by atoms with E-state index in [1.54, 1.807) is 12.1 Å².